The van der Waals surface area contributed by atoms with Gasteiger partial charge in [-0.2, -0.15) is 0 Å². The topological polar surface area (TPSA) is 43.8 Å². The highest BCUT2D eigenvalue weighted by Crippen LogP contribution is 2.30. The van der Waals surface area contributed by atoms with Crippen molar-refractivity contribution in [2.45, 2.75) is 6.92 Å². The van der Waals surface area contributed by atoms with Gasteiger partial charge in [-0.25, -0.2) is 4.98 Å². The number of fused-ring (bicyclic) bond motifs is 1. The third-order valence-corrected chi connectivity index (χ3v) is 4.00. The predicted molar refractivity (Wildman–Crippen MR) is 73.2 cm³/mol. The molecule has 1 aromatic carbocycles. The first-order chi connectivity index (χ1) is 8.15. The van der Waals surface area contributed by atoms with E-state index in [2.05, 4.69) is 40.0 Å². The summed E-state index contributed by atoms with van der Waals surface area (Å²) in [6, 6.07) is 8.49. The Kier molecular flexibility index (Phi) is 2.19. The number of aryl methyl sites for hydroxylation is 2. The molecule has 0 aliphatic rings. The van der Waals surface area contributed by atoms with Crippen molar-refractivity contribution in [2.24, 2.45) is 7.05 Å². The minimum Gasteiger partial charge on any atom is -0.383 e. The molecule has 2 aromatic heterocycles. The predicted octanol–water partition coefficient (Wildman–Crippen LogP) is 3.19. The van der Waals surface area contributed by atoms with Crippen molar-refractivity contribution in [1.29, 1.82) is 0 Å². The van der Waals surface area contributed by atoms with Crippen LogP contribution in [0.1, 0.15) is 4.88 Å². The fraction of sp³-hybridized carbons (Fsp3) is 0.154. The fourth-order valence-electron chi connectivity index (χ4n) is 1.95. The molecule has 17 heavy (non-hydrogen) atoms. The summed E-state index contributed by atoms with van der Waals surface area (Å²) in [5.74, 6) is 0.637. The zero-order chi connectivity index (χ0) is 12.0. The lowest BCUT2D eigenvalue weighted by Crippen LogP contribution is -1.86. The number of nitrogen functional groups attached to an aromatic ring is 1. The Bertz CT molecular complexity index is 674. The van der Waals surface area contributed by atoms with Crippen molar-refractivity contribution in [2.75, 3.05) is 5.73 Å². The second-order valence-corrected chi connectivity index (χ2v) is 5.36. The molecular formula is C13H13N3S. The molecule has 3 aromatic rings. The molecule has 2 N–H and O–H groups in total. The lowest BCUT2D eigenvalue weighted by Gasteiger charge is -1.99. The number of thiazole rings is 1. The summed E-state index contributed by atoms with van der Waals surface area (Å²) in [7, 11) is 2.05. The SMILES string of the molecule is Cc1sc(-c2ccc3c(ccn3C)c2)nc1N. The highest BCUT2D eigenvalue weighted by molar-refractivity contribution is 7.15. The first-order valence-electron chi connectivity index (χ1n) is 5.43. The minimum atomic E-state index is 0.637. The number of aromatic nitrogens is 2. The zero-order valence-corrected chi connectivity index (χ0v) is 10.6. The molecule has 0 saturated heterocycles. The van der Waals surface area contributed by atoms with Crippen LogP contribution in [0.4, 0.5) is 5.82 Å². The van der Waals surface area contributed by atoms with E-state index >= 15 is 0 Å². The van der Waals surface area contributed by atoms with Crippen LogP contribution in [-0.4, -0.2) is 9.55 Å². The number of nitrogens with zero attached hydrogens (tertiary/aromatic N) is 2. The normalized spacial score (nSPS) is 11.2. The van der Waals surface area contributed by atoms with Gasteiger partial charge in [-0.1, -0.05) is 0 Å². The van der Waals surface area contributed by atoms with Crippen molar-refractivity contribution in [3.8, 4) is 10.6 Å². The highest BCUT2D eigenvalue weighted by atomic mass is 32.1. The van der Waals surface area contributed by atoms with Gasteiger partial charge in [-0.3, -0.25) is 0 Å². The van der Waals surface area contributed by atoms with Crippen LogP contribution in [0.3, 0.4) is 0 Å². The maximum Gasteiger partial charge on any atom is 0.138 e. The van der Waals surface area contributed by atoms with Crippen LogP contribution in [-0.2, 0) is 7.05 Å². The quantitative estimate of drug-likeness (QED) is 0.713. The molecule has 3 rings (SSSR count). The molecule has 0 atom stereocenters. The lowest BCUT2D eigenvalue weighted by atomic mass is 10.2. The van der Waals surface area contributed by atoms with Gasteiger partial charge < -0.3 is 10.3 Å². The number of nitrogens with two attached hydrogens (primary N) is 1. The largest absolute Gasteiger partial charge is 0.383 e. The van der Waals surface area contributed by atoms with Gasteiger partial charge in [0.25, 0.3) is 0 Å². The maximum atomic E-state index is 5.79. The second kappa shape index (κ2) is 3.60. The smallest absolute Gasteiger partial charge is 0.138 e. The summed E-state index contributed by atoms with van der Waals surface area (Å²) >= 11 is 1.64. The van der Waals surface area contributed by atoms with Crippen molar-refractivity contribution in [3.63, 3.8) is 0 Å². The monoisotopic (exact) mass is 243 g/mol. The minimum absolute atomic E-state index is 0.637. The molecule has 0 bridgehead atoms. The maximum absolute atomic E-state index is 5.79. The number of hydrogen-bond acceptors (Lipinski definition) is 3. The summed E-state index contributed by atoms with van der Waals surface area (Å²) in [5.41, 5.74) is 8.15. The Hall–Kier alpha value is -1.81. The van der Waals surface area contributed by atoms with E-state index < -0.39 is 0 Å². The van der Waals surface area contributed by atoms with E-state index in [-0.39, 0.29) is 0 Å². The van der Waals surface area contributed by atoms with Gasteiger partial charge in [-0.15, -0.1) is 11.3 Å². The van der Waals surface area contributed by atoms with Crippen molar-refractivity contribution in [3.05, 3.63) is 35.3 Å². The third kappa shape index (κ3) is 1.61. The average Bonchev–Trinajstić information content (AvgIpc) is 2.84. The first-order valence-corrected chi connectivity index (χ1v) is 6.25. The molecule has 0 saturated carbocycles. The van der Waals surface area contributed by atoms with E-state index in [1.807, 2.05) is 14.0 Å². The molecular weight excluding hydrogens is 230 g/mol. The highest BCUT2D eigenvalue weighted by Gasteiger charge is 2.08. The Labute approximate surface area is 104 Å². The molecule has 0 fully saturated rings. The molecule has 3 nitrogen and oxygen atoms in total. The van der Waals surface area contributed by atoms with Gasteiger partial charge in [0.2, 0.25) is 0 Å². The van der Waals surface area contributed by atoms with Crippen LogP contribution < -0.4 is 5.73 Å². The molecule has 0 radical (unpaired) electrons. The van der Waals surface area contributed by atoms with Crippen LogP contribution in [0.15, 0.2) is 30.5 Å². The molecule has 4 heteroatoms. The molecule has 86 valence electrons. The van der Waals surface area contributed by atoms with Crippen molar-refractivity contribution in [1.82, 2.24) is 9.55 Å². The summed E-state index contributed by atoms with van der Waals surface area (Å²) in [5, 5.41) is 2.22. The van der Waals surface area contributed by atoms with Crippen LogP contribution in [0.2, 0.25) is 0 Å². The molecule has 0 aliphatic carbocycles. The Morgan fingerprint density at radius 3 is 2.82 bits per heavy atom. The average molecular weight is 243 g/mol. The van der Waals surface area contributed by atoms with E-state index in [9.17, 15) is 0 Å². The van der Waals surface area contributed by atoms with Gasteiger partial charge in [0, 0.05) is 34.6 Å². The molecule has 0 unspecified atom stereocenters. The second-order valence-electron chi connectivity index (χ2n) is 4.16. The van der Waals surface area contributed by atoms with Crippen molar-refractivity contribution < 1.29 is 0 Å². The van der Waals surface area contributed by atoms with E-state index in [1.54, 1.807) is 11.3 Å². The van der Waals surface area contributed by atoms with Gasteiger partial charge in [0.15, 0.2) is 0 Å². The Morgan fingerprint density at radius 2 is 2.12 bits per heavy atom. The number of hydrogen-bond donors (Lipinski definition) is 1. The Morgan fingerprint density at radius 1 is 1.29 bits per heavy atom. The van der Waals surface area contributed by atoms with E-state index in [1.165, 1.54) is 10.9 Å². The van der Waals surface area contributed by atoms with Crippen LogP contribution in [0.25, 0.3) is 21.5 Å². The first kappa shape index (κ1) is 10.4. The summed E-state index contributed by atoms with van der Waals surface area (Å²) in [4.78, 5) is 5.46. The molecule has 2 heterocycles. The molecule has 0 spiro atoms. The number of rotatable bonds is 1. The standard InChI is InChI=1S/C13H13N3S/c1-8-12(14)15-13(17-8)10-3-4-11-9(7-10)5-6-16(11)2/h3-7H,14H2,1-2H3. The number of benzene rings is 1. The summed E-state index contributed by atoms with van der Waals surface area (Å²) < 4.78 is 2.11. The zero-order valence-electron chi connectivity index (χ0n) is 9.77. The fourth-order valence-corrected chi connectivity index (χ4v) is 2.78. The van der Waals surface area contributed by atoms with Crippen LogP contribution in [0.5, 0.6) is 0 Å². The van der Waals surface area contributed by atoms with E-state index in [0.29, 0.717) is 5.82 Å². The Balaban J connectivity index is 2.17. The van der Waals surface area contributed by atoms with Crippen molar-refractivity contribution >= 4 is 28.1 Å². The van der Waals surface area contributed by atoms with Crippen LogP contribution >= 0.6 is 11.3 Å². The van der Waals surface area contributed by atoms with Gasteiger partial charge in [0.1, 0.15) is 10.8 Å². The summed E-state index contributed by atoms with van der Waals surface area (Å²) in [6.07, 6.45) is 2.07. The molecule has 0 amide bonds. The summed E-state index contributed by atoms with van der Waals surface area (Å²) in [6.45, 7) is 2.00. The van der Waals surface area contributed by atoms with E-state index in [4.69, 9.17) is 5.73 Å². The lowest BCUT2D eigenvalue weighted by molar-refractivity contribution is 0.969. The number of anilines is 1. The van der Waals surface area contributed by atoms with Gasteiger partial charge in [-0.05, 0) is 31.2 Å². The molecule has 0 aliphatic heterocycles. The van der Waals surface area contributed by atoms with E-state index in [0.717, 1.165) is 15.4 Å². The third-order valence-electron chi connectivity index (χ3n) is 2.96. The van der Waals surface area contributed by atoms with Crippen LogP contribution in [0, 0.1) is 6.92 Å². The van der Waals surface area contributed by atoms with Gasteiger partial charge >= 0.3 is 0 Å². The van der Waals surface area contributed by atoms with Gasteiger partial charge in [0.05, 0.1) is 0 Å².